The van der Waals surface area contributed by atoms with Crippen molar-refractivity contribution in [2.45, 2.75) is 6.54 Å². The number of nitrogens with zero attached hydrogens (tertiary/aromatic N) is 1. The first-order valence-electron chi connectivity index (χ1n) is 9.43. The second-order valence-electron chi connectivity index (χ2n) is 6.60. The average Bonchev–Trinajstić information content (AvgIpc) is 2.78. The van der Waals surface area contributed by atoms with Gasteiger partial charge in [-0.2, -0.15) is 0 Å². The van der Waals surface area contributed by atoms with Gasteiger partial charge < -0.3 is 15.4 Å². The van der Waals surface area contributed by atoms with E-state index in [1.54, 1.807) is 30.5 Å². The van der Waals surface area contributed by atoms with Gasteiger partial charge in [0.1, 0.15) is 0 Å². The van der Waals surface area contributed by atoms with E-state index in [-0.39, 0.29) is 17.6 Å². The van der Waals surface area contributed by atoms with Gasteiger partial charge in [0.05, 0.1) is 17.9 Å². The zero-order valence-electron chi connectivity index (χ0n) is 16.0. The molecule has 0 unspecified atom stereocenters. The maximum atomic E-state index is 12.3. The maximum absolute atomic E-state index is 12.3. The third kappa shape index (κ3) is 4.80. The van der Waals surface area contributed by atoms with Crippen LogP contribution in [0.3, 0.4) is 0 Å². The summed E-state index contributed by atoms with van der Waals surface area (Å²) in [6, 6.07) is 20.3. The van der Waals surface area contributed by atoms with Crippen LogP contribution >= 0.6 is 0 Å². The monoisotopic (exact) mass is 397 g/mol. The van der Waals surface area contributed by atoms with Crippen LogP contribution in [0.5, 0.6) is 5.75 Å². The van der Waals surface area contributed by atoms with Gasteiger partial charge in [-0.05, 0) is 53.6 Å². The van der Waals surface area contributed by atoms with Crippen molar-refractivity contribution in [3.05, 3.63) is 102 Å². The first kappa shape index (κ1) is 19.1. The number of nitrogens with one attached hydrogen (secondary N) is 2. The molecule has 0 saturated heterocycles. The lowest BCUT2D eigenvalue weighted by Crippen LogP contribution is -2.23. The maximum Gasteiger partial charge on any atom is 0.291 e. The largest absolute Gasteiger partial charge is 0.449 e. The van der Waals surface area contributed by atoms with E-state index in [0.717, 1.165) is 16.8 Å². The van der Waals surface area contributed by atoms with E-state index < -0.39 is 0 Å². The summed E-state index contributed by atoms with van der Waals surface area (Å²) in [7, 11) is 0. The number of hydrogen-bond donors (Lipinski definition) is 2. The highest BCUT2D eigenvalue weighted by Crippen LogP contribution is 2.30. The fourth-order valence-corrected chi connectivity index (χ4v) is 2.92. The topological polar surface area (TPSA) is 80.3 Å². The Morgan fingerprint density at radius 1 is 1.03 bits per heavy atom. The van der Waals surface area contributed by atoms with E-state index in [1.165, 1.54) is 6.08 Å². The molecule has 148 valence electrons. The highest BCUT2D eigenvalue weighted by molar-refractivity contribution is 6.08. The minimum absolute atomic E-state index is 0.211. The Balaban J connectivity index is 1.42. The summed E-state index contributed by atoms with van der Waals surface area (Å²) in [5.74, 6) is 0.298. The summed E-state index contributed by atoms with van der Waals surface area (Å²) in [4.78, 5) is 28.5. The van der Waals surface area contributed by atoms with Crippen molar-refractivity contribution in [2.75, 3.05) is 5.32 Å². The zero-order chi connectivity index (χ0) is 20.8. The number of carbonyl (C=O) groups excluding carboxylic acids is 2. The van der Waals surface area contributed by atoms with Crippen LogP contribution in [0.4, 0.5) is 5.69 Å². The third-order valence-corrected chi connectivity index (χ3v) is 4.38. The molecule has 6 heteroatoms. The standard InChI is InChI=1S/C24H19N3O3/c28-23(26-16-19-8-3-4-13-25-19)12-11-17-6-5-7-18(14-17)15-22-24(29)27-20-9-1-2-10-21(20)30-22/h1-15H,16H2,(H,26,28)(H,27,29)/b12-11+,22-15-. The van der Waals surface area contributed by atoms with Crippen LogP contribution in [0.15, 0.2) is 84.8 Å². The number of ether oxygens (including phenoxy) is 1. The molecule has 2 N–H and O–H groups in total. The van der Waals surface area contributed by atoms with Crippen LogP contribution in [0, 0.1) is 0 Å². The van der Waals surface area contributed by atoms with Crippen LogP contribution in [-0.2, 0) is 16.1 Å². The molecule has 0 saturated carbocycles. The molecule has 3 aromatic rings. The number of fused-ring (bicyclic) bond motifs is 1. The first-order chi connectivity index (χ1) is 14.7. The lowest BCUT2D eigenvalue weighted by atomic mass is 10.1. The van der Waals surface area contributed by atoms with Crippen molar-refractivity contribution < 1.29 is 14.3 Å². The molecule has 0 fully saturated rings. The molecule has 30 heavy (non-hydrogen) atoms. The Labute approximate surface area is 173 Å². The van der Waals surface area contributed by atoms with E-state index in [2.05, 4.69) is 15.6 Å². The molecule has 0 radical (unpaired) electrons. The molecule has 0 aliphatic carbocycles. The second kappa shape index (κ2) is 8.87. The van der Waals surface area contributed by atoms with Crippen LogP contribution in [0.2, 0.25) is 0 Å². The lowest BCUT2D eigenvalue weighted by molar-refractivity contribution is -0.116. The van der Waals surface area contributed by atoms with Crippen molar-refractivity contribution in [3.8, 4) is 5.75 Å². The van der Waals surface area contributed by atoms with Gasteiger partial charge in [0, 0.05) is 12.3 Å². The van der Waals surface area contributed by atoms with Crippen molar-refractivity contribution in [1.29, 1.82) is 0 Å². The van der Waals surface area contributed by atoms with E-state index in [1.807, 2.05) is 54.6 Å². The summed E-state index contributed by atoms with van der Waals surface area (Å²) in [5.41, 5.74) is 3.05. The Bertz CT molecular complexity index is 1140. The average molecular weight is 397 g/mol. The number of amides is 2. The van der Waals surface area contributed by atoms with Gasteiger partial charge >= 0.3 is 0 Å². The van der Waals surface area contributed by atoms with Gasteiger partial charge in [-0.15, -0.1) is 0 Å². The first-order valence-corrected chi connectivity index (χ1v) is 9.43. The molecule has 1 aromatic heterocycles. The van der Waals surface area contributed by atoms with E-state index in [0.29, 0.717) is 18.0 Å². The van der Waals surface area contributed by atoms with Gasteiger partial charge in [0.15, 0.2) is 11.5 Å². The third-order valence-electron chi connectivity index (χ3n) is 4.38. The Kier molecular flexibility index (Phi) is 5.66. The summed E-state index contributed by atoms with van der Waals surface area (Å²) < 4.78 is 5.72. The highest BCUT2D eigenvalue weighted by Gasteiger charge is 2.21. The minimum Gasteiger partial charge on any atom is -0.449 e. The normalized spacial score (nSPS) is 14.1. The van der Waals surface area contributed by atoms with Crippen LogP contribution in [0.25, 0.3) is 12.2 Å². The van der Waals surface area contributed by atoms with Crippen molar-refractivity contribution >= 4 is 29.7 Å². The predicted molar refractivity (Wildman–Crippen MR) is 115 cm³/mol. The van der Waals surface area contributed by atoms with Gasteiger partial charge in [0.2, 0.25) is 5.91 Å². The van der Waals surface area contributed by atoms with Gasteiger partial charge in [-0.25, -0.2) is 0 Å². The van der Waals surface area contributed by atoms with E-state index in [9.17, 15) is 9.59 Å². The molecule has 6 nitrogen and oxygen atoms in total. The number of anilines is 1. The summed E-state index contributed by atoms with van der Waals surface area (Å²) in [5, 5.41) is 5.60. The van der Waals surface area contributed by atoms with Crippen molar-refractivity contribution in [1.82, 2.24) is 10.3 Å². The lowest BCUT2D eigenvalue weighted by Gasteiger charge is -2.19. The smallest absolute Gasteiger partial charge is 0.291 e. The molecule has 1 aliphatic rings. The number of hydrogen-bond acceptors (Lipinski definition) is 4. The number of aromatic nitrogens is 1. The van der Waals surface area contributed by atoms with Crippen molar-refractivity contribution in [2.24, 2.45) is 0 Å². The van der Waals surface area contributed by atoms with Crippen LogP contribution in [-0.4, -0.2) is 16.8 Å². The van der Waals surface area contributed by atoms with Gasteiger partial charge in [0.25, 0.3) is 5.91 Å². The molecule has 0 bridgehead atoms. The highest BCUT2D eigenvalue weighted by atomic mass is 16.5. The van der Waals surface area contributed by atoms with E-state index >= 15 is 0 Å². The number of rotatable bonds is 5. The van der Waals surface area contributed by atoms with Crippen LogP contribution < -0.4 is 15.4 Å². The van der Waals surface area contributed by atoms with Gasteiger partial charge in [-0.1, -0.05) is 36.4 Å². The Hall–Kier alpha value is -4.19. The molecule has 0 atom stereocenters. The van der Waals surface area contributed by atoms with Gasteiger partial charge in [-0.3, -0.25) is 14.6 Å². The fourth-order valence-electron chi connectivity index (χ4n) is 2.92. The van der Waals surface area contributed by atoms with Crippen LogP contribution in [0.1, 0.15) is 16.8 Å². The number of carbonyl (C=O) groups is 2. The number of pyridine rings is 1. The Morgan fingerprint density at radius 2 is 1.87 bits per heavy atom. The van der Waals surface area contributed by atoms with Crippen molar-refractivity contribution in [3.63, 3.8) is 0 Å². The summed E-state index contributed by atoms with van der Waals surface area (Å²) in [6.45, 7) is 0.365. The number of para-hydroxylation sites is 2. The molecule has 2 aromatic carbocycles. The summed E-state index contributed by atoms with van der Waals surface area (Å²) in [6.07, 6.45) is 6.54. The minimum atomic E-state index is -0.302. The molecule has 4 rings (SSSR count). The fraction of sp³-hybridized carbons (Fsp3) is 0.0417. The van der Waals surface area contributed by atoms with E-state index in [4.69, 9.17) is 4.74 Å². The molecule has 0 spiro atoms. The SMILES string of the molecule is O=C(/C=C/c1cccc(/C=C2\Oc3ccccc3NC2=O)c1)NCc1ccccn1. The zero-order valence-corrected chi connectivity index (χ0v) is 16.0. The molecule has 1 aliphatic heterocycles. The predicted octanol–water partition coefficient (Wildman–Crippen LogP) is 3.78. The molecular weight excluding hydrogens is 378 g/mol. The molecule has 2 amide bonds. The number of benzene rings is 2. The molecular formula is C24H19N3O3. The Morgan fingerprint density at radius 3 is 2.73 bits per heavy atom. The summed E-state index contributed by atoms with van der Waals surface area (Å²) >= 11 is 0. The second-order valence-corrected chi connectivity index (χ2v) is 6.60. The molecule has 2 heterocycles. The quantitative estimate of drug-likeness (QED) is 0.642.